The smallest absolute Gasteiger partial charge is 0.338 e. The molecule has 0 saturated carbocycles. The van der Waals surface area contributed by atoms with Crippen molar-refractivity contribution in [2.24, 2.45) is 5.92 Å². The Labute approximate surface area is 142 Å². The number of carbonyl (C=O) groups excluding carboxylic acids is 1. The summed E-state index contributed by atoms with van der Waals surface area (Å²) in [4.78, 5) is 11.7. The lowest BCUT2D eigenvalue weighted by Crippen LogP contribution is -2.37. The number of aliphatic hydroxyl groups is 2. The first-order valence-electron chi connectivity index (χ1n) is 8.41. The van der Waals surface area contributed by atoms with Crippen LogP contribution in [0.1, 0.15) is 43.0 Å². The molecule has 6 heteroatoms. The van der Waals surface area contributed by atoms with Gasteiger partial charge in [-0.1, -0.05) is 25.1 Å². The second kappa shape index (κ2) is 9.74. The molecule has 0 aromatic heterocycles. The van der Waals surface area contributed by atoms with Crippen LogP contribution in [-0.2, 0) is 14.2 Å². The molecule has 0 amide bonds. The molecule has 1 aromatic carbocycles. The van der Waals surface area contributed by atoms with Crippen LogP contribution in [0.25, 0.3) is 0 Å². The molecule has 2 N–H and O–H groups in total. The van der Waals surface area contributed by atoms with Gasteiger partial charge in [-0.3, -0.25) is 0 Å². The number of rotatable bonds is 2. The third-order valence-corrected chi connectivity index (χ3v) is 4.03. The molecule has 2 aliphatic heterocycles. The van der Waals surface area contributed by atoms with E-state index in [0.717, 1.165) is 25.9 Å². The SMILES string of the molecule is C[C@H]1CCOC(O)C1.O=C(O[C@H]1CCCOC1O)c1ccccc1. The molecule has 4 atom stereocenters. The Balaban J connectivity index is 0.000000219. The number of esters is 1. The Morgan fingerprint density at radius 3 is 2.46 bits per heavy atom. The Morgan fingerprint density at radius 2 is 1.88 bits per heavy atom. The normalized spacial score (nSPS) is 30.0. The zero-order valence-corrected chi connectivity index (χ0v) is 14.0. The van der Waals surface area contributed by atoms with Crippen LogP contribution < -0.4 is 0 Å². The van der Waals surface area contributed by atoms with Crippen molar-refractivity contribution < 1.29 is 29.2 Å². The third-order valence-electron chi connectivity index (χ3n) is 4.03. The fraction of sp³-hybridized carbons (Fsp3) is 0.611. The minimum Gasteiger partial charge on any atom is -0.453 e. The summed E-state index contributed by atoms with van der Waals surface area (Å²) in [5.41, 5.74) is 0.486. The topological polar surface area (TPSA) is 85.2 Å². The number of hydrogen-bond acceptors (Lipinski definition) is 6. The van der Waals surface area contributed by atoms with Crippen molar-refractivity contribution in [3.05, 3.63) is 35.9 Å². The maximum Gasteiger partial charge on any atom is 0.338 e. The highest BCUT2D eigenvalue weighted by atomic mass is 16.6. The van der Waals surface area contributed by atoms with Crippen molar-refractivity contribution in [3.8, 4) is 0 Å². The zero-order chi connectivity index (χ0) is 17.4. The fourth-order valence-corrected chi connectivity index (χ4v) is 2.57. The van der Waals surface area contributed by atoms with Gasteiger partial charge in [0.15, 0.2) is 18.7 Å². The molecule has 134 valence electrons. The van der Waals surface area contributed by atoms with Crippen LogP contribution in [-0.4, -0.2) is 48.1 Å². The second-order valence-corrected chi connectivity index (χ2v) is 6.17. The average molecular weight is 338 g/mol. The van der Waals surface area contributed by atoms with Crippen LogP contribution in [0.15, 0.2) is 30.3 Å². The monoisotopic (exact) mass is 338 g/mol. The molecule has 2 unspecified atom stereocenters. The molecule has 2 aliphatic rings. The average Bonchev–Trinajstić information content (AvgIpc) is 2.58. The molecule has 3 rings (SSSR count). The van der Waals surface area contributed by atoms with E-state index in [0.29, 0.717) is 24.5 Å². The minimum absolute atomic E-state index is 0.421. The summed E-state index contributed by atoms with van der Waals surface area (Å²) in [6, 6.07) is 8.72. The Bertz CT molecular complexity index is 484. The van der Waals surface area contributed by atoms with Gasteiger partial charge in [-0.25, -0.2) is 4.79 Å². The molecule has 0 spiro atoms. The van der Waals surface area contributed by atoms with E-state index in [1.807, 2.05) is 6.07 Å². The van der Waals surface area contributed by atoms with Crippen LogP contribution in [0.5, 0.6) is 0 Å². The highest BCUT2D eigenvalue weighted by Gasteiger charge is 2.27. The standard InChI is InChI=1S/C12H14O4.C6H12O2/c13-11(9-5-2-1-3-6-9)16-10-7-4-8-15-12(10)14;1-5-2-3-8-6(7)4-5/h1-3,5-6,10,12,14H,4,7-8H2;5-7H,2-4H2,1H3/t10-,12?;5-,6?/m00/s1. The second-order valence-electron chi connectivity index (χ2n) is 6.17. The molecule has 0 bridgehead atoms. The molecular weight excluding hydrogens is 312 g/mol. The molecule has 0 aliphatic carbocycles. The number of carbonyl (C=O) groups is 1. The molecule has 6 nitrogen and oxygen atoms in total. The largest absolute Gasteiger partial charge is 0.453 e. The van der Waals surface area contributed by atoms with Crippen molar-refractivity contribution in [3.63, 3.8) is 0 Å². The predicted molar refractivity (Wildman–Crippen MR) is 87.2 cm³/mol. The van der Waals surface area contributed by atoms with Gasteiger partial charge in [-0.15, -0.1) is 0 Å². The molecule has 1 aromatic rings. The van der Waals surface area contributed by atoms with Crippen LogP contribution in [0, 0.1) is 5.92 Å². The quantitative estimate of drug-likeness (QED) is 0.803. The molecule has 24 heavy (non-hydrogen) atoms. The first-order chi connectivity index (χ1) is 11.6. The first-order valence-corrected chi connectivity index (χ1v) is 8.41. The van der Waals surface area contributed by atoms with Crippen LogP contribution >= 0.6 is 0 Å². The molecule has 2 fully saturated rings. The highest BCUT2D eigenvalue weighted by molar-refractivity contribution is 5.89. The van der Waals surface area contributed by atoms with Gasteiger partial charge in [0.25, 0.3) is 0 Å². The van der Waals surface area contributed by atoms with Gasteiger partial charge in [0.2, 0.25) is 0 Å². The summed E-state index contributed by atoms with van der Waals surface area (Å²) in [5, 5.41) is 18.3. The van der Waals surface area contributed by atoms with Gasteiger partial charge >= 0.3 is 5.97 Å². The van der Waals surface area contributed by atoms with Gasteiger partial charge in [0.05, 0.1) is 12.2 Å². The lowest BCUT2D eigenvalue weighted by molar-refractivity contribution is -0.186. The summed E-state index contributed by atoms with van der Waals surface area (Å²) in [6.45, 7) is 3.37. The van der Waals surface area contributed by atoms with E-state index in [1.54, 1.807) is 24.3 Å². The first kappa shape index (κ1) is 18.9. The minimum atomic E-state index is -0.999. The van der Waals surface area contributed by atoms with Gasteiger partial charge in [0.1, 0.15) is 0 Å². The Kier molecular flexibility index (Phi) is 7.65. The van der Waals surface area contributed by atoms with E-state index in [4.69, 9.17) is 19.3 Å². The van der Waals surface area contributed by atoms with Crippen molar-refractivity contribution in [2.75, 3.05) is 13.2 Å². The van der Waals surface area contributed by atoms with Gasteiger partial charge in [-0.2, -0.15) is 0 Å². The number of ether oxygens (including phenoxy) is 3. The van der Waals surface area contributed by atoms with E-state index in [2.05, 4.69) is 6.92 Å². The Morgan fingerprint density at radius 1 is 1.12 bits per heavy atom. The number of hydrogen-bond donors (Lipinski definition) is 2. The van der Waals surface area contributed by atoms with E-state index in [-0.39, 0.29) is 0 Å². The molecule has 2 heterocycles. The zero-order valence-electron chi connectivity index (χ0n) is 14.0. The van der Waals surface area contributed by atoms with E-state index in [9.17, 15) is 9.90 Å². The summed E-state index contributed by atoms with van der Waals surface area (Å²) in [5.74, 6) is 0.217. The summed E-state index contributed by atoms with van der Waals surface area (Å²) in [6.07, 6.45) is 1.29. The maximum absolute atomic E-state index is 11.7. The van der Waals surface area contributed by atoms with Gasteiger partial charge in [-0.05, 0) is 37.3 Å². The number of benzene rings is 1. The molecule has 2 saturated heterocycles. The third kappa shape index (κ3) is 6.20. The van der Waals surface area contributed by atoms with Crippen molar-refractivity contribution >= 4 is 5.97 Å². The van der Waals surface area contributed by atoms with Gasteiger partial charge in [0, 0.05) is 13.0 Å². The van der Waals surface area contributed by atoms with Crippen molar-refractivity contribution in [2.45, 2.75) is 51.3 Å². The Hall–Kier alpha value is -1.47. The lowest BCUT2D eigenvalue weighted by Gasteiger charge is -2.27. The van der Waals surface area contributed by atoms with E-state index >= 15 is 0 Å². The predicted octanol–water partition coefficient (Wildman–Crippen LogP) is 2.09. The lowest BCUT2D eigenvalue weighted by atomic mass is 10.0. The summed E-state index contributed by atoms with van der Waals surface area (Å²) >= 11 is 0. The summed E-state index contributed by atoms with van der Waals surface area (Å²) < 4.78 is 15.1. The molecular formula is C18H26O6. The van der Waals surface area contributed by atoms with Crippen molar-refractivity contribution in [1.29, 1.82) is 0 Å². The van der Waals surface area contributed by atoms with Crippen molar-refractivity contribution in [1.82, 2.24) is 0 Å². The van der Waals surface area contributed by atoms with Crippen LogP contribution in [0.4, 0.5) is 0 Å². The van der Waals surface area contributed by atoms with Crippen LogP contribution in [0.3, 0.4) is 0 Å². The number of aliphatic hydroxyl groups excluding tert-OH is 2. The fourth-order valence-electron chi connectivity index (χ4n) is 2.57. The van der Waals surface area contributed by atoms with E-state index < -0.39 is 24.7 Å². The van der Waals surface area contributed by atoms with E-state index in [1.165, 1.54) is 0 Å². The van der Waals surface area contributed by atoms with Gasteiger partial charge < -0.3 is 24.4 Å². The molecule has 0 radical (unpaired) electrons. The summed E-state index contributed by atoms with van der Waals surface area (Å²) in [7, 11) is 0. The maximum atomic E-state index is 11.7. The van der Waals surface area contributed by atoms with Crippen LogP contribution in [0.2, 0.25) is 0 Å². The highest BCUT2D eigenvalue weighted by Crippen LogP contribution is 2.17.